The number of benzene rings is 1. The molecule has 1 amide bonds. The predicted octanol–water partition coefficient (Wildman–Crippen LogP) is 3.18. The van der Waals surface area contributed by atoms with Crippen molar-refractivity contribution in [3.63, 3.8) is 0 Å². The second kappa shape index (κ2) is 8.44. The highest BCUT2D eigenvalue weighted by Crippen LogP contribution is 2.21. The van der Waals surface area contributed by atoms with Crippen molar-refractivity contribution >= 4 is 28.9 Å². The molecule has 128 valence electrons. The number of hydrogen-bond acceptors (Lipinski definition) is 5. The zero-order chi connectivity index (χ0) is 17.5. The number of anilines is 1. The number of rotatable bonds is 8. The highest BCUT2D eigenvalue weighted by Gasteiger charge is 2.08. The minimum absolute atomic E-state index is 0.0516. The second-order valence-electron chi connectivity index (χ2n) is 5.42. The lowest BCUT2D eigenvalue weighted by molar-refractivity contribution is -0.139. The fourth-order valence-corrected chi connectivity index (χ4v) is 2.82. The summed E-state index contributed by atoms with van der Waals surface area (Å²) < 4.78 is 5.11. The summed E-state index contributed by atoms with van der Waals surface area (Å²) in [4.78, 5) is 26.9. The molecule has 24 heavy (non-hydrogen) atoms. The van der Waals surface area contributed by atoms with E-state index >= 15 is 0 Å². The van der Waals surface area contributed by atoms with Crippen LogP contribution in [0.2, 0.25) is 0 Å². The van der Waals surface area contributed by atoms with Crippen molar-refractivity contribution in [2.24, 2.45) is 0 Å². The molecule has 0 radical (unpaired) electrons. The molecule has 2 rings (SSSR count). The molecule has 0 atom stereocenters. The number of aromatic nitrogens is 1. The van der Waals surface area contributed by atoms with Gasteiger partial charge in [0.15, 0.2) is 6.61 Å². The van der Waals surface area contributed by atoms with Gasteiger partial charge in [-0.1, -0.05) is 0 Å². The lowest BCUT2D eigenvalue weighted by Gasteiger charge is -2.10. The number of aliphatic carboxylic acids is 1. The molecule has 2 N–H and O–H groups in total. The average molecular weight is 348 g/mol. The summed E-state index contributed by atoms with van der Waals surface area (Å²) in [6.45, 7) is 3.41. The topological polar surface area (TPSA) is 88.5 Å². The molecule has 1 aromatic heterocycles. The van der Waals surface area contributed by atoms with Gasteiger partial charge in [0.2, 0.25) is 5.91 Å². The van der Waals surface area contributed by atoms with Gasteiger partial charge in [-0.25, -0.2) is 9.78 Å². The summed E-state index contributed by atoms with van der Waals surface area (Å²) in [7, 11) is 0. The van der Waals surface area contributed by atoms with Crippen molar-refractivity contribution in [1.29, 1.82) is 0 Å². The summed E-state index contributed by atoms with van der Waals surface area (Å²) in [5, 5.41) is 14.5. The van der Waals surface area contributed by atoms with Crippen LogP contribution in [0.15, 0.2) is 23.6 Å². The number of aryl methyl sites for hydroxylation is 3. The Bertz CT molecular complexity index is 727. The quantitative estimate of drug-likeness (QED) is 0.765. The van der Waals surface area contributed by atoms with Gasteiger partial charge in [-0.3, -0.25) is 4.79 Å². The van der Waals surface area contributed by atoms with Crippen LogP contribution < -0.4 is 10.1 Å². The molecule has 1 heterocycles. The van der Waals surface area contributed by atoms with E-state index in [4.69, 9.17) is 9.84 Å². The van der Waals surface area contributed by atoms with Crippen LogP contribution in [0, 0.1) is 13.8 Å². The average Bonchev–Trinajstić information content (AvgIpc) is 2.93. The summed E-state index contributed by atoms with van der Waals surface area (Å²) in [6.07, 6.45) is 1.96. The molecule has 0 saturated carbocycles. The fourth-order valence-electron chi connectivity index (χ4n) is 2.18. The molecule has 7 heteroatoms. The maximum atomic E-state index is 12.0. The van der Waals surface area contributed by atoms with Gasteiger partial charge < -0.3 is 15.2 Å². The van der Waals surface area contributed by atoms with E-state index in [9.17, 15) is 9.59 Å². The van der Waals surface area contributed by atoms with Crippen LogP contribution in [-0.2, 0) is 16.0 Å². The lowest BCUT2D eigenvalue weighted by Crippen LogP contribution is -2.13. The second-order valence-corrected chi connectivity index (χ2v) is 6.48. The van der Waals surface area contributed by atoms with E-state index in [1.54, 1.807) is 29.5 Å². The molecule has 0 unspecified atom stereocenters. The Balaban J connectivity index is 1.81. The highest BCUT2D eigenvalue weighted by molar-refractivity contribution is 7.09. The van der Waals surface area contributed by atoms with E-state index < -0.39 is 5.97 Å². The van der Waals surface area contributed by atoms with Crippen LogP contribution in [0.4, 0.5) is 5.69 Å². The van der Waals surface area contributed by atoms with Gasteiger partial charge in [0, 0.05) is 17.5 Å². The van der Waals surface area contributed by atoms with E-state index in [0.717, 1.165) is 29.1 Å². The van der Waals surface area contributed by atoms with E-state index in [2.05, 4.69) is 10.3 Å². The van der Waals surface area contributed by atoms with Gasteiger partial charge in [-0.05, 0) is 50.5 Å². The van der Waals surface area contributed by atoms with Crippen molar-refractivity contribution in [2.75, 3.05) is 11.9 Å². The normalized spacial score (nSPS) is 10.4. The molecular weight excluding hydrogens is 328 g/mol. The highest BCUT2D eigenvalue weighted by atomic mass is 32.1. The van der Waals surface area contributed by atoms with Gasteiger partial charge in [-0.2, -0.15) is 0 Å². The Morgan fingerprint density at radius 1 is 1.33 bits per heavy atom. The first-order chi connectivity index (χ1) is 11.4. The molecule has 0 aliphatic heterocycles. The van der Waals surface area contributed by atoms with Crippen LogP contribution >= 0.6 is 11.3 Å². The molecule has 0 spiro atoms. The third kappa shape index (κ3) is 5.66. The fraction of sp³-hybridized carbons (Fsp3) is 0.353. The smallest absolute Gasteiger partial charge is 0.341 e. The van der Waals surface area contributed by atoms with Crippen LogP contribution in [0.5, 0.6) is 5.75 Å². The third-order valence-electron chi connectivity index (χ3n) is 3.34. The summed E-state index contributed by atoms with van der Waals surface area (Å²) in [5.74, 6) is -0.614. The van der Waals surface area contributed by atoms with Crippen molar-refractivity contribution in [1.82, 2.24) is 4.98 Å². The number of carbonyl (C=O) groups is 2. The maximum Gasteiger partial charge on any atom is 0.341 e. The molecule has 0 fully saturated rings. The van der Waals surface area contributed by atoms with Gasteiger partial charge in [0.05, 0.1) is 10.7 Å². The Morgan fingerprint density at radius 3 is 2.75 bits per heavy atom. The lowest BCUT2D eigenvalue weighted by atomic mass is 10.1. The van der Waals surface area contributed by atoms with Crippen molar-refractivity contribution < 1.29 is 19.4 Å². The molecule has 0 aliphatic carbocycles. The Labute approximate surface area is 144 Å². The number of carbonyl (C=O) groups excluding carboxylic acids is 1. The molecule has 6 nitrogen and oxygen atoms in total. The van der Waals surface area contributed by atoms with E-state index in [0.29, 0.717) is 17.9 Å². The minimum atomic E-state index is -1.03. The van der Waals surface area contributed by atoms with Gasteiger partial charge in [0.1, 0.15) is 5.75 Å². The number of thiazole rings is 1. The van der Waals surface area contributed by atoms with Gasteiger partial charge in [-0.15, -0.1) is 11.3 Å². The monoisotopic (exact) mass is 348 g/mol. The van der Waals surface area contributed by atoms with E-state index in [1.165, 1.54) is 0 Å². The van der Waals surface area contributed by atoms with Crippen molar-refractivity contribution in [2.45, 2.75) is 33.1 Å². The first-order valence-electron chi connectivity index (χ1n) is 7.60. The number of carboxylic acids is 1. The number of carboxylic acid groups (broad SMARTS) is 1. The van der Waals surface area contributed by atoms with Crippen LogP contribution in [0.3, 0.4) is 0 Å². The Morgan fingerprint density at radius 2 is 2.12 bits per heavy atom. The summed E-state index contributed by atoms with van der Waals surface area (Å²) >= 11 is 1.61. The summed E-state index contributed by atoms with van der Waals surface area (Å²) in [6, 6.07) is 5.06. The zero-order valence-electron chi connectivity index (χ0n) is 13.7. The van der Waals surface area contributed by atoms with E-state index in [1.807, 2.05) is 19.2 Å². The zero-order valence-corrected chi connectivity index (χ0v) is 14.5. The Hall–Kier alpha value is -2.41. The van der Waals surface area contributed by atoms with Gasteiger partial charge in [0.25, 0.3) is 0 Å². The molecule has 0 aliphatic rings. The number of hydrogen-bond donors (Lipinski definition) is 2. The molecule has 2 aromatic rings. The first-order valence-corrected chi connectivity index (χ1v) is 8.48. The van der Waals surface area contributed by atoms with Crippen LogP contribution in [0.25, 0.3) is 0 Å². The largest absolute Gasteiger partial charge is 0.482 e. The number of ether oxygens (including phenoxy) is 1. The molecular formula is C17H20N2O4S. The van der Waals surface area contributed by atoms with Crippen molar-refractivity contribution in [3.8, 4) is 5.75 Å². The number of nitrogens with zero attached hydrogens (tertiary/aromatic N) is 1. The van der Waals surface area contributed by atoms with E-state index in [-0.39, 0.29) is 12.5 Å². The molecule has 1 aromatic carbocycles. The summed E-state index contributed by atoms with van der Waals surface area (Å²) in [5.41, 5.74) is 2.55. The maximum absolute atomic E-state index is 12.0. The number of amides is 1. The minimum Gasteiger partial charge on any atom is -0.482 e. The third-order valence-corrected chi connectivity index (χ3v) is 4.16. The van der Waals surface area contributed by atoms with Crippen LogP contribution in [0.1, 0.15) is 29.1 Å². The predicted molar refractivity (Wildman–Crippen MR) is 92.7 cm³/mol. The first kappa shape index (κ1) is 17.9. The van der Waals surface area contributed by atoms with Crippen LogP contribution in [-0.4, -0.2) is 28.6 Å². The SMILES string of the molecule is Cc1nc(CCCC(=O)Nc2ccc(OCC(=O)O)cc2C)cs1. The van der Waals surface area contributed by atoms with Crippen molar-refractivity contribution in [3.05, 3.63) is 39.8 Å². The molecule has 0 bridgehead atoms. The Kier molecular flexibility index (Phi) is 6.31. The molecule has 0 saturated heterocycles. The number of nitrogens with one attached hydrogen (secondary N) is 1. The van der Waals surface area contributed by atoms with Gasteiger partial charge >= 0.3 is 5.97 Å². The standard InChI is InChI=1S/C17H20N2O4S/c1-11-8-14(23-9-17(21)22)6-7-15(11)19-16(20)5-3-4-13-10-24-12(2)18-13/h6-8,10H,3-5,9H2,1-2H3,(H,19,20)(H,21,22).